The standard InChI is InChI=1S/C30H39F4N7O/c1-6-22(17-40-11-9-24(31)10-12-40)14-25(13-20(3)30(32,33)34)38-29(42)23-8-7-19(2)28(15-23)41(36)18-27(35)26-16-37-39(5)21(26)4/h6-8,13-16,18,24H,9-12,17,35-36H2,1-5H3,(H,38,42)/b20-13+,22-6+,25-14+,27-18-. The van der Waals surface area contributed by atoms with Gasteiger partial charge in [0.25, 0.3) is 5.91 Å². The predicted molar refractivity (Wildman–Crippen MR) is 158 cm³/mol. The van der Waals surface area contributed by atoms with Crippen molar-refractivity contribution in [2.24, 2.45) is 18.6 Å². The first-order valence-corrected chi connectivity index (χ1v) is 13.6. The van der Waals surface area contributed by atoms with Crippen molar-refractivity contribution in [2.45, 2.75) is 52.9 Å². The number of allylic oxidation sites excluding steroid dienone is 3. The van der Waals surface area contributed by atoms with Gasteiger partial charge < -0.3 is 11.1 Å². The number of nitrogens with two attached hydrogens (primary N) is 2. The maximum atomic E-state index is 13.6. The Bertz CT molecular complexity index is 1400. The number of benzene rings is 1. The van der Waals surface area contributed by atoms with E-state index in [1.165, 1.54) is 17.3 Å². The molecule has 12 heteroatoms. The zero-order valence-electron chi connectivity index (χ0n) is 24.6. The van der Waals surface area contributed by atoms with Gasteiger partial charge in [0, 0.05) is 61.0 Å². The van der Waals surface area contributed by atoms with Crippen molar-refractivity contribution in [1.82, 2.24) is 20.0 Å². The number of carbonyl (C=O) groups is 1. The highest BCUT2D eigenvalue weighted by Crippen LogP contribution is 2.27. The van der Waals surface area contributed by atoms with Gasteiger partial charge in [0.2, 0.25) is 0 Å². The summed E-state index contributed by atoms with van der Waals surface area (Å²) in [6.45, 7) is 7.90. The smallest absolute Gasteiger partial charge is 0.397 e. The summed E-state index contributed by atoms with van der Waals surface area (Å²) in [6, 6.07) is 4.80. The Labute approximate surface area is 244 Å². The first kappa shape index (κ1) is 32.6. The third-order valence-corrected chi connectivity index (χ3v) is 7.29. The Morgan fingerprint density at radius 2 is 1.88 bits per heavy atom. The summed E-state index contributed by atoms with van der Waals surface area (Å²) in [5.74, 6) is 5.68. The zero-order valence-corrected chi connectivity index (χ0v) is 24.6. The number of rotatable bonds is 9. The van der Waals surface area contributed by atoms with Crippen LogP contribution in [0.4, 0.5) is 23.2 Å². The molecule has 1 amide bonds. The van der Waals surface area contributed by atoms with Crippen molar-refractivity contribution in [3.05, 3.63) is 88.1 Å². The van der Waals surface area contributed by atoms with E-state index >= 15 is 0 Å². The number of nitrogens with zero attached hydrogens (tertiary/aromatic N) is 4. The van der Waals surface area contributed by atoms with Gasteiger partial charge in [-0.05, 0) is 76.0 Å². The number of amides is 1. The number of nitrogens with one attached hydrogen (secondary N) is 1. The SMILES string of the molecule is C\C=C(/C=C(\C=C(/C)C(F)(F)F)NC(=O)c1ccc(C)c(N(N)/C=C(\N)c2cnn(C)c2C)c1)CN1CCC(F)CC1. The summed E-state index contributed by atoms with van der Waals surface area (Å²) in [5, 5.41) is 8.09. The summed E-state index contributed by atoms with van der Waals surface area (Å²) in [4.78, 5) is 15.4. The van der Waals surface area contributed by atoms with E-state index in [1.807, 2.05) is 11.8 Å². The Balaban J connectivity index is 1.88. The number of alkyl halides is 4. The lowest BCUT2D eigenvalue weighted by Crippen LogP contribution is -2.35. The highest BCUT2D eigenvalue weighted by molar-refractivity contribution is 5.96. The van der Waals surface area contributed by atoms with Crippen LogP contribution in [0.15, 0.2) is 65.7 Å². The van der Waals surface area contributed by atoms with Gasteiger partial charge in [0.15, 0.2) is 0 Å². The van der Waals surface area contributed by atoms with Crippen LogP contribution in [0.3, 0.4) is 0 Å². The van der Waals surface area contributed by atoms with Crippen LogP contribution >= 0.6 is 0 Å². The van der Waals surface area contributed by atoms with Crippen LogP contribution in [0, 0.1) is 13.8 Å². The fourth-order valence-corrected chi connectivity index (χ4v) is 4.47. The van der Waals surface area contributed by atoms with Crippen molar-refractivity contribution in [2.75, 3.05) is 24.6 Å². The minimum atomic E-state index is -4.57. The van der Waals surface area contributed by atoms with Gasteiger partial charge >= 0.3 is 6.18 Å². The van der Waals surface area contributed by atoms with Crippen LogP contribution in [-0.4, -0.2) is 52.6 Å². The van der Waals surface area contributed by atoms with Crippen LogP contribution in [0.5, 0.6) is 0 Å². The molecule has 1 aliphatic rings. The van der Waals surface area contributed by atoms with Gasteiger partial charge in [-0.2, -0.15) is 18.3 Å². The maximum Gasteiger partial charge on any atom is 0.412 e. The fourth-order valence-electron chi connectivity index (χ4n) is 4.47. The molecule has 3 rings (SSSR count). The number of likely N-dealkylation sites (tertiary alicyclic amines) is 1. The molecule has 0 atom stereocenters. The molecule has 0 aliphatic carbocycles. The zero-order chi connectivity index (χ0) is 31.2. The maximum absolute atomic E-state index is 13.6. The number of anilines is 1. The molecule has 42 heavy (non-hydrogen) atoms. The van der Waals surface area contributed by atoms with Gasteiger partial charge in [-0.15, -0.1) is 0 Å². The van der Waals surface area contributed by atoms with Crippen molar-refractivity contribution in [3.8, 4) is 0 Å². The normalized spacial score (nSPS) is 16.6. The summed E-state index contributed by atoms with van der Waals surface area (Å²) in [6.07, 6.45) is 2.73. The second kappa shape index (κ2) is 13.8. The third-order valence-electron chi connectivity index (χ3n) is 7.29. The number of halogens is 4. The van der Waals surface area contributed by atoms with E-state index in [-0.39, 0.29) is 11.3 Å². The summed E-state index contributed by atoms with van der Waals surface area (Å²) in [5.41, 5.74) is 9.38. The number of hydrogen-bond donors (Lipinski definition) is 3. The fraction of sp³-hybridized carbons (Fsp3) is 0.400. The van der Waals surface area contributed by atoms with Crippen molar-refractivity contribution in [1.29, 1.82) is 0 Å². The summed E-state index contributed by atoms with van der Waals surface area (Å²) < 4.78 is 55.5. The molecule has 1 aromatic heterocycles. The molecule has 0 radical (unpaired) electrons. The largest absolute Gasteiger partial charge is 0.412 e. The topological polar surface area (TPSA) is 105 Å². The predicted octanol–water partition coefficient (Wildman–Crippen LogP) is 5.18. The molecule has 1 saturated heterocycles. The Morgan fingerprint density at radius 3 is 2.45 bits per heavy atom. The second-order valence-electron chi connectivity index (χ2n) is 10.5. The minimum absolute atomic E-state index is 0.0220. The molecule has 1 aliphatic heterocycles. The number of aryl methyl sites for hydroxylation is 2. The van der Waals surface area contributed by atoms with Crippen LogP contribution in [0.25, 0.3) is 5.70 Å². The molecule has 0 spiro atoms. The number of carbonyl (C=O) groups excluding carboxylic acids is 1. The van der Waals surface area contributed by atoms with Gasteiger partial charge in [-0.1, -0.05) is 12.1 Å². The molecule has 228 valence electrons. The van der Waals surface area contributed by atoms with E-state index in [0.717, 1.165) is 24.3 Å². The van der Waals surface area contributed by atoms with Gasteiger partial charge in [0.1, 0.15) is 6.17 Å². The van der Waals surface area contributed by atoms with E-state index < -0.39 is 23.8 Å². The number of piperidine rings is 1. The average Bonchev–Trinajstić information content (AvgIpc) is 3.26. The lowest BCUT2D eigenvalue weighted by Gasteiger charge is -2.29. The quantitative estimate of drug-likeness (QED) is 0.161. The number of hydrazine groups is 1. The Kier molecular flexibility index (Phi) is 10.7. The number of aromatic nitrogens is 2. The highest BCUT2D eigenvalue weighted by Gasteiger charge is 2.30. The minimum Gasteiger partial charge on any atom is -0.397 e. The molecule has 8 nitrogen and oxygen atoms in total. The molecular weight excluding hydrogens is 550 g/mol. The molecule has 2 aromatic rings. The van der Waals surface area contributed by atoms with E-state index in [4.69, 9.17) is 11.6 Å². The van der Waals surface area contributed by atoms with Crippen molar-refractivity contribution < 1.29 is 22.4 Å². The van der Waals surface area contributed by atoms with Crippen molar-refractivity contribution >= 4 is 17.3 Å². The van der Waals surface area contributed by atoms with Gasteiger partial charge in [-0.25, -0.2) is 10.2 Å². The second-order valence-corrected chi connectivity index (χ2v) is 10.5. The first-order valence-electron chi connectivity index (χ1n) is 13.6. The van der Waals surface area contributed by atoms with E-state index in [0.29, 0.717) is 55.0 Å². The van der Waals surface area contributed by atoms with E-state index in [1.54, 1.807) is 56.0 Å². The van der Waals surface area contributed by atoms with E-state index in [2.05, 4.69) is 10.4 Å². The molecule has 2 heterocycles. The lowest BCUT2D eigenvalue weighted by molar-refractivity contribution is -0.0913. The molecule has 1 aromatic carbocycles. The molecule has 0 bridgehead atoms. The monoisotopic (exact) mass is 589 g/mol. The summed E-state index contributed by atoms with van der Waals surface area (Å²) in [7, 11) is 1.79. The Hall–Kier alpha value is -3.90. The van der Waals surface area contributed by atoms with Crippen LogP contribution in [-0.2, 0) is 7.05 Å². The van der Waals surface area contributed by atoms with Gasteiger partial charge in [-0.3, -0.25) is 19.4 Å². The third kappa shape index (κ3) is 8.56. The van der Waals surface area contributed by atoms with Crippen LogP contribution in [0.2, 0.25) is 0 Å². The molecular formula is C30H39F4N7O. The molecule has 0 saturated carbocycles. The Morgan fingerprint density at radius 1 is 1.21 bits per heavy atom. The van der Waals surface area contributed by atoms with Crippen LogP contribution in [0.1, 0.15) is 53.9 Å². The highest BCUT2D eigenvalue weighted by atomic mass is 19.4. The molecule has 0 unspecified atom stereocenters. The number of hydrogen-bond acceptors (Lipinski definition) is 6. The van der Waals surface area contributed by atoms with Crippen LogP contribution < -0.4 is 21.9 Å². The first-order chi connectivity index (χ1) is 19.7. The molecule has 1 fully saturated rings. The lowest BCUT2D eigenvalue weighted by atomic mass is 10.1. The van der Waals surface area contributed by atoms with Crippen molar-refractivity contribution in [3.63, 3.8) is 0 Å². The summed E-state index contributed by atoms with van der Waals surface area (Å²) >= 11 is 0. The van der Waals surface area contributed by atoms with Gasteiger partial charge in [0.05, 0.1) is 17.6 Å². The molecule has 5 N–H and O–H groups in total. The van der Waals surface area contributed by atoms with E-state index in [9.17, 15) is 22.4 Å². The average molecular weight is 590 g/mol.